The van der Waals surface area contributed by atoms with Crippen molar-refractivity contribution in [2.75, 3.05) is 26.4 Å². The van der Waals surface area contributed by atoms with E-state index in [-0.39, 0.29) is 0 Å². The van der Waals surface area contributed by atoms with Crippen molar-refractivity contribution >= 4 is 22.4 Å². The molecule has 0 fully saturated rings. The van der Waals surface area contributed by atoms with Gasteiger partial charge < -0.3 is 14.8 Å². The molecule has 0 aliphatic rings. The van der Waals surface area contributed by atoms with E-state index in [0.717, 1.165) is 41.2 Å². The van der Waals surface area contributed by atoms with E-state index in [1.165, 1.54) is 5.56 Å². The Morgan fingerprint density at radius 2 is 1.52 bits per heavy atom. The maximum atomic E-state index is 6.22. The Labute approximate surface area is 153 Å². The van der Waals surface area contributed by atoms with E-state index in [9.17, 15) is 0 Å². The fourth-order valence-electron chi connectivity index (χ4n) is 2.72. The van der Waals surface area contributed by atoms with E-state index in [4.69, 9.17) is 21.1 Å². The van der Waals surface area contributed by atoms with E-state index >= 15 is 0 Å². The van der Waals surface area contributed by atoms with Gasteiger partial charge in [0.25, 0.3) is 0 Å². The summed E-state index contributed by atoms with van der Waals surface area (Å²) >= 11 is 6.22. The normalized spacial score (nSPS) is 10.9. The minimum absolute atomic E-state index is 0.532. The Morgan fingerprint density at radius 3 is 2.36 bits per heavy atom. The van der Waals surface area contributed by atoms with Gasteiger partial charge >= 0.3 is 0 Å². The number of hydrogen-bond donors (Lipinski definition) is 1. The van der Waals surface area contributed by atoms with Crippen LogP contribution in [0.2, 0.25) is 5.02 Å². The lowest BCUT2D eigenvalue weighted by atomic mass is 10.1. The molecule has 0 aliphatic carbocycles. The molecule has 0 radical (unpaired) electrons. The molecule has 130 valence electrons. The highest BCUT2D eigenvalue weighted by atomic mass is 35.5. The molecule has 0 aliphatic heterocycles. The molecular weight excluding hydrogens is 334 g/mol. The van der Waals surface area contributed by atoms with Gasteiger partial charge in [0, 0.05) is 21.4 Å². The van der Waals surface area contributed by atoms with Gasteiger partial charge in [0.1, 0.15) is 18.9 Å². The number of nitrogens with two attached hydrogens (primary N) is 1. The first-order valence-electron chi connectivity index (χ1n) is 8.58. The Bertz CT molecular complexity index is 792. The van der Waals surface area contributed by atoms with Crippen molar-refractivity contribution in [2.45, 2.75) is 6.54 Å². The van der Waals surface area contributed by atoms with Crippen LogP contribution < -0.4 is 10.1 Å². The van der Waals surface area contributed by atoms with Gasteiger partial charge in [-0.25, -0.2) is 0 Å². The van der Waals surface area contributed by atoms with Gasteiger partial charge in [-0.2, -0.15) is 0 Å². The summed E-state index contributed by atoms with van der Waals surface area (Å²) in [5.74, 6) is 0.847. The van der Waals surface area contributed by atoms with Gasteiger partial charge in [-0.3, -0.25) is 0 Å². The number of rotatable bonds is 9. The number of hydrogen-bond acceptors (Lipinski definition) is 2. The molecule has 3 aromatic carbocycles. The molecule has 0 atom stereocenters. The van der Waals surface area contributed by atoms with Crippen molar-refractivity contribution < 1.29 is 14.8 Å². The van der Waals surface area contributed by atoms with Crippen LogP contribution in [0.1, 0.15) is 5.56 Å². The van der Waals surface area contributed by atoms with Crippen molar-refractivity contribution in [3.8, 4) is 5.75 Å². The highest BCUT2D eigenvalue weighted by Gasteiger charge is 2.05. The first kappa shape index (κ1) is 17.7. The molecule has 4 heteroatoms. The second-order valence-corrected chi connectivity index (χ2v) is 6.23. The number of ether oxygens (including phenoxy) is 2. The maximum absolute atomic E-state index is 6.22. The van der Waals surface area contributed by atoms with Crippen LogP contribution in [0.3, 0.4) is 0 Å². The maximum Gasteiger partial charge on any atom is 0.127 e. The quantitative estimate of drug-likeness (QED) is 0.594. The van der Waals surface area contributed by atoms with E-state index in [2.05, 4.69) is 29.6 Å². The molecule has 0 bridgehead atoms. The lowest BCUT2D eigenvalue weighted by Crippen LogP contribution is -2.83. The molecule has 0 unspecified atom stereocenters. The molecule has 0 saturated heterocycles. The standard InChI is InChI=1S/C21H22ClNO2/c22-20-10-11-21(19-9-5-4-8-18(19)20)25-15-14-24-13-12-23-16-17-6-2-1-3-7-17/h1-11,23H,12-16H2/p+1. The van der Waals surface area contributed by atoms with Crippen molar-refractivity contribution in [1.82, 2.24) is 0 Å². The zero-order valence-electron chi connectivity index (χ0n) is 14.2. The summed E-state index contributed by atoms with van der Waals surface area (Å²) in [4.78, 5) is 0. The Hall–Kier alpha value is -2.07. The number of halogens is 1. The van der Waals surface area contributed by atoms with Gasteiger partial charge in [0.05, 0.1) is 19.8 Å². The van der Waals surface area contributed by atoms with Gasteiger partial charge in [-0.1, -0.05) is 66.2 Å². The van der Waals surface area contributed by atoms with E-state index in [0.29, 0.717) is 13.2 Å². The van der Waals surface area contributed by atoms with E-state index in [1.807, 2.05) is 42.5 Å². The Morgan fingerprint density at radius 1 is 0.760 bits per heavy atom. The molecule has 25 heavy (non-hydrogen) atoms. The topological polar surface area (TPSA) is 35.1 Å². The average Bonchev–Trinajstić information content (AvgIpc) is 2.66. The van der Waals surface area contributed by atoms with E-state index in [1.54, 1.807) is 0 Å². The van der Waals surface area contributed by atoms with Gasteiger partial charge in [-0.05, 0) is 12.1 Å². The molecule has 2 N–H and O–H groups in total. The van der Waals surface area contributed by atoms with Crippen LogP contribution in [-0.4, -0.2) is 26.4 Å². The fraction of sp³-hybridized carbons (Fsp3) is 0.238. The lowest BCUT2D eigenvalue weighted by Gasteiger charge is -2.10. The molecule has 0 aromatic heterocycles. The molecular formula is C21H23ClNO2+. The average molecular weight is 357 g/mol. The largest absolute Gasteiger partial charge is 0.491 e. The minimum Gasteiger partial charge on any atom is -0.491 e. The van der Waals surface area contributed by atoms with Gasteiger partial charge in [-0.15, -0.1) is 0 Å². The van der Waals surface area contributed by atoms with Crippen LogP contribution in [-0.2, 0) is 11.3 Å². The molecule has 3 rings (SSSR count). The first-order chi connectivity index (χ1) is 12.3. The van der Waals surface area contributed by atoms with E-state index < -0.39 is 0 Å². The predicted octanol–water partition coefficient (Wildman–Crippen LogP) is 3.65. The molecule has 0 heterocycles. The number of benzene rings is 3. The summed E-state index contributed by atoms with van der Waals surface area (Å²) in [7, 11) is 0. The third-order valence-corrected chi connectivity index (χ3v) is 4.33. The second-order valence-electron chi connectivity index (χ2n) is 5.82. The Balaban J connectivity index is 1.35. The third kappa shape index (κ3) is 5.20. The zero-order valence-corrected chi connectivity index (χ0v) is 14.9. The monoisotopic (exact) mass is 356 g/mol. The molecule has 0 amide bonds. The van der Waals surface area contributed by atoms with Crippen LogP contribution in [0.4, 0.5) is 0 Å². The van der Waals surface area contributed by atoms with Gasteiger partial charge in [0.2, 0.25) is 0 Å². The summed E-state index contributed by atoms with van der Waals surface area (Å²) in [5, 5.41) is 5.04. The third-order valence-electron chi connectivity index (χ3n) is 4.01. The zero-order chi connectivity index (χ0) is 17.3. The summed E-state index contributed by atoms with van der Waals surface area (Å²) in [6, 6.07) is 22.2. The van der Waals surface area contributed by atoms with Crippen LogP contribution >= 0.6 is 11.6 Å². The van der Waals surface area contributed by atoms with Gasteiger partial charge in [0.15, 0.2) is 0 Å². The van der Waals surface area contributed by atoms with Crippen molar-refractivity contribution in [3.05, 3.63) is 77.3 Å². The van der Waals surface area contributed by atoms with Crippen molar-refractivity contribution in [1.29, 1.82) is 0 Å². The highest BCUT2D eigenvalue weighted by Crippen LogP contribution is 2.31. The minimum atomic E-state index is 0.532. The summed E-state index contributed by atoms with van der Waals surface area (Å²) in [5.41, 5.74) is 1.33. The predicted molar refractivity (Wildman–Crippen MR) is 102 cm³/mol. The highest BCUT2D eigenvalue weighted by molar-refractivity contribution is 6.35. The number of quaternary nitrogens is 1. The SMILES string of the molecule is Clc1ccc(OCCOCC[NH2+]Cc2ccccc2)c2ccccc12. The van der Waals surface area contributed by atoms with Crippen LogP contribution in [0, 0.1) is 0 Å². The molecule has 0 spiro atoms. The van der Waals surface area contributed by atoms with Crippen LogP contribution in [0.25, 0.3) is 10.8 Å². The molecule has 0 saturated carbocycles. The second kappa shape index (κ2) is 9.42. The first-order valence-corrected chi connectivity index (χ1v) is 8.96. The van der Waals surface area contributed by atoms with Crippen molar-refractivity contribution in [3.63, 3.8) is 0 Å². The van der Waals surface area contributed by atoms with Crippen LogP contribution in [0.5, 0.6) is 5.75 Å². The summed E-state index contributed by atoms with van der Waals surface area (Å²) in [6.45, 7) is 3.76. The summed E-state index contributed by atoms with van der Waals surface area (Å²) < 4.78 is 11.5. The molecule has 3 aromatic rings. The smallest absolute Gasteiger partial charge is 0.127 e. The summed E-state index contributed by atoms with van der Waals surface area (Å²) in [6.07, 6.45) is 0. The van der Waals surface area contributed by atoms with Crippen LogP contribution in [0.15, 0.2) is 66.7 Å². The number of fused-ring (bicyclic) bond motifs is 1. The fourth-order valence-corrected chi connectivity index (χ4v) is 2.95. The molecule has 3 nitrogen and oxygen atoms in total. The van der Waals surface area contributed by atoms with Crippen molar-refractivity contribution in [2.24, 2.45) is 0 Å². The Kier molecular flexibility index (Phi) is 6.69. The lowest BCUT2D eigenvalue weighted by molar-refractivity contribution is -0.672.